The molecule has 272 valence electrons. The summed E-state index contributed by atoms with van der Waals surface area (Å²) in [6, 6.07) is 32.5. The molecule has 0 aliphatic carbocycles. The Bertz CT molecular complexity index is 2140. The zero-order valence-corrected chi connectivity index (χ0v) is 31.7. The van der Waals surface area contributed by atoms with Crippen molar-refractivity contribution in [3.05, 3.63) is 167 Å². The fraction of sp³-hybridized carbons (Fsp3) is 0.262. The molecule has 0 aromatic heterocycles. The molecule has 0 saturated heterocycles. The van der Waals surface area contributed by atoms with Crippen molar-refractivity contribution >= 4 is 25.8 Å². The lowest BCUT2D eigenvalue weighted by atomic mass is 9.97. The molecule has 2 unspecified atom stereocenters. The number of carbonyl (C=O) groups excluding carboxylic acids is 1. The first-order valence-electron chi connectivity index (χ1n) is 17.3. The maximum atomic E-state index is 13.4. The lowest BCUT2D eigenvalue weighted by Gasteiger charge is -2.35. The van der Waals surface area contributed by atoms with Crippen LogP contribution in [-0.4, -0.2) is 50.9 Å². The fourth-order valence-corrected chi connectivity index (χ4v) is 9.51. The van der Waals surface area contributed by atoms with Crippen LogP contribution < -0.4 is 0 Å². The maximum Gasteiger partial charge on any atom is 0.243 e. The van der Waals surface area contributed by atoms with Crippen molar-refractivity contribution in [1.82, 2.24) is 8.61 Å². The summed E-state index contributed by atoms with van der Waals surface area (Å²) >= 11 is 0. The topological polar surface area (TPSA) is 101 Å². The van der Waals surface area contributed by atoms with Crippen LogP contribution in [0.1, 0.15) is 61.0 Å². The number of ether oxygens (including phenoxy) is 1. The van der Waals surface area contributed by atoms with Crippen LogP contribution in [0.2, 0.25) is 0 Å². The van der Waals surface area contributed by atoms with Gasteiger partial charge in [-0.2, -0.15) is 8.61 Å². The summed E-state index contributed by atoms with van der Waals surface area (Å²) in [5.41, 5.74) is 5.30. The summed E-state index contributed by atoms with van der Waals surface area (Å²) in [6.07, 6.45) is 4.97. The van der Waals surface area contributed by atoms with Gasteiger partial charge >= 0.3 is 0 Å². The molecule has 0 amide bonds. The highest BCUT2D eigenvalue weighted by molar-refractivity contribution is 7.89. The van der Waals surface area contributed by atoms with Crippen LogP contribution in [0.25, 0.3) is 0 Å². The Morgan fingerprint density at radius 1 is 0.654 bits per heavy atom. The number of hydrogen-bond donors (Lipinski definition) is 0. The molecule has 2 aliphatic heterocycles. The monoisotopic (exact) mass is 738 g/mol. The molecule has 0 bridgehead atoms. The lowest BCUT2D eigenvalue weighted by molar-refractivity contribution is -0.113. The van der Waals surface area contributed by atoms with Crippen molar-refractivity contribution in [2.24, 2.45) is 0 Å². The van der Waals surface area contributed by atoms with Gasteiger partial charge in [0.1, 0.15) is 5.76 Å². The smallest absolute Gasteiger partial charge is 0.243 e. The van der Waals surface area contributed by atoms with Crippen LogP contribution in [0, 0.1) is 13.8 Å². The highest BCUT2D eigenvalue weighted by Crippen LogP contribution is 2.37. The molecule has 8 nitrogen and oxygen atoms in total. The summed E-state index contributed by atoms with van der Waals surface area (Å²) in [5.74, 6) is 0.448. The van der Waals surface area contributed by atoms with Crippen molar-refractivity contribution in [3.63, 3.8) is 0 Å². The van der Waals surface area contributed by atoms with Crippen molar-refractivity contribution in [2.75, 3.05) is 19.7 Å². The van der Waals surface area contributed by atoms with E-state index in [1.54, 1.807) is 40.7 Å². The molecular weight excluding hydrogens is 693 g/mol. The fourth-order valence-electron chi connectivity index (χ4n) is 6.30. The standard InChI is InChI=1S/C22H25NO3S.C20H21NO3S/c1-4-26-18(3)20-12-15-22(19-8-6-5-7-9-19)23(16-20)27(24,25)21-13-10-17(2)11-14-21;1-15-8-11-19(12-9-15)25(23,24)21-14-18(16(2)22)10-13-20(21)17-6-4-3-5-7-17/h5-14,22H,3-4,15-16H2,1-2H3;3-12,20H,13-14H2,1-2H3. The zero-order chi connectivity index (χ0) is 37.5. The van der Waals surface area contributed by atoms with Gasteiger partial charge in [-0.3, -0.25) is 4.79 Å². The van der Waals surface area contributed by atoms with Gasteiger partial charge in [-0.25, -0.2) is 16.8 Å². The number of benzene rings is 4. The summed E-state index contributed by atoms with van der Waals surface area (Å²) in [6.45, 7) is 12.0. The predicted octanol–water partition coefficient (Wildman–Crippen LogP) is 8.25. The third kappa shape index (κ3) is 8.87. The molecule has 0 N–H and O–H groups in total. The molecule has 2 heterocycles. The van der Waals surface area contributed by atoms with Crippen molar-refractivity contribution in [2.45, 2.75) is 62.4 Å². The first-order valence-corrected chi connectivity index (χ1v) is 20.2. The van der Waals surface area contributed by atoms with E-state index in [0.717, 1.165) is 27.8 Å². The molecule has 2 aliphatic rings. The Labute approximate surface area is 308 Å². The van der Waals surface area contributed by atoms with E-state index in [0.29, 0.717) is 35.7 Å². The van der Waals surface area contributed by atoms with E-state index < -0.39 is 20.0 Å². The molecule has 0 radical (unpaired) electrons. The summed E-state index contributed by atoms with van der Waals surface area (Å²) in [4.78, 5) is 12.4. The van der Waals surface area contributed by atoms with Gasteiger partial charge in [0, 0.05) is 24.2 Å². The number of Topliss-reactive ketones (excluding diaryl/α,β-unsaturated/α-hetero) is 1. The second-order valence-electron chi connectivity index (χ2n) is 12.9. The normalized spacial score (nSPS) is 18.3. The third-order valence-electron chi connectivity index (χ3n) is 9.28. The number of hydrogen-bond acceptors (Lipinski definition) is 6. The van der Waals surface area contributed by atoms with Gasteiger partial charge in [0.15, 0.2) is 5.78 Å². The SMILES string of the molecule is C=C(OCC)C1=CCC(c2ccccc2)N(S(=O)(=O)c2ccc(C)cc2)C1.CC(=O)C1=CCC(c2ccccc2)N(S(=O)(=O)c2ccc(C)cc2)C1. The molecule has 0 fully saturated rings. The van der Waals surface area contributed by atoms with E-state index in [1.807, 2.05) is 106 Å². The highest BCUT2D eigenvalue weighted by atomic mass is 32.2. The molecule has 0 spiro atoms. The predicted molar refractivity (Wildman–Crippen MR) is 205 cm³/mol. The largest absolute Gasteiger partial charge is 0.494 e. The molecule has 6 rings (SSSR count). The van der Waals surface area contributed by atoms with Gasteiger partial charge in [-0.1, -0.05) is 115 Å². The Hall–Kier alpha value is -4.61. The van der Waals surface area contributed by atoms with Gasteiger partial charge < -0.3 is 4.74 Å². The molecule has 4 aromatic rings. The second-order valence-corrected chi connectivity index (χ2v) is 16.7. The second kappa shape index (κ2) is 16.8. The van der Waals surface area contributed by atoms with Crippen LogP contribution >= 0.6 is 0 Å². The lowest BCUT2D eigenvalue weighted by Crippen LogP contribution is -2.39. The molecule has 10 heteroatoms. The van der Waals surface area contributed by atoms with Gasteiger partial charge in [0.25, 0.3) is 0 Å². The number of nitrogens with zero attached hydrogens (tertiary/aromatic N) is 2. The number of sulfonamides is 2. The van der Waals surface area contributed by atoms with E-state index in [1.165, 1.54) is 11.2 Å². The summed E-state index contributed by atoms with van der Waals surface area (Å²) in [5, 5.41) is 0. The molecular formula is C42H46N2O6S2. The minimum Gasteiger partial charge on any atom is -0.494 e. The quantitative estimate of drug-likeness (QED) is 0.152. The minimum absolute atomic E-state index is 0.0874. The van der Waals surface area contributed by atoms with Crippen LogP contribution in [0.3, 0.4) is 0 Å². The maximum absolute atomic E-state index is 13.4. The third-order valence-corrected chi connectivity index (χ3v) is 13.0. The zero-order valence-electron chi connectivity index (χ0n) is 30.1. The van der Waals surface area contributed by atoms with Crippen molar-refractivity contribution < 1.29 is 26.4 Å². The Balaban J connectivity index is 0.000000202. The number of ketones is 1. The number of rotatable bonds is 10. The van der Waals surface area contributed by atoms with Crippen LogP contribution in [0.4, 0.5) is 0 Å². The van der Waals surface area contributed by atoms with Gasteiger partial charge in [0.05, 0.1) is 28.5 Å². The summed E-state index contributed by atoms with van der Waals surface area (Å²) < 4.78 is 61.9. The van der Waals surface area contributed by atoms with E-state index in [-0.39, 0.29) is 35.9 Å². The van der Waals surface area contributed by atoms with Gasteiger partial charge in [-0.05, 0) is 75.9 Å². The van der Waals surface area contributed by atoms with Crippen LogP contribution in [-0.2, 0) is 29.6 Å². The average Bonchev–Trinajstić information content (AvgIpc) is 3.15. The van der Waals surface area contributed by atoms with Gasteiger partial charge in [-0.15, -0.1) is 0 Å². The molecule has 2 atom stereocenters. The van der Waals surface area contributed by atoms with Crippen molar-refractivity contribution in [3.8, 4) is 0 Å². The van der Waals surface area contributed by atoms with Crippen LogP contribution in [0.5, 0.6) is 0 Å². The Morgan fingerprint density at radius 2 is 1.04 bits per heavy atom. The summed E-state index contributed by atoms with van der Waals surface area (Å²) in [7, 11) is -7.36. The molecule has 0 saturated carbocycles. The number of aryl methyl sites for hydroxylation is 2. The molecule has 52 heavy (non-hydrogen) atoms. The highest BCUT2D eigenvalue weighted by Gasteiger charge is 2.37. The average molecular weight is 739 g/mol. The van der Waals surface area contributed by atoms with E-state index in [2.05, 4.69) is 6.58 Å². The molecule has 4 aromatic carbocycles. The van der Waals surface area contributed by atoms with Gasteiger partial charge in [0.2, 0.25) is 20.0 Å². The van der Waals surface area contributed by atoms with Crippen molar-refractivity contribution in [1.29, 1.82) is 0 Å². The van der Waals surface area contributed by atoms with E-state index >= 15 is 0 Å². The first kappa shape index (κ1) is 38.6. The number of carbonyl (C=O) groups is 1. The first-order chi connectivity index (χ1) is 24.8. The Kier molecular flexibility index (Phi) is 12.5. The van der Waals surface area contributed by atoms with Crippen LogP contribution in [0.15, 0.2) is 155 Å². The van der Waals surface area contributed by atoms with E-state index in [4.69, 9.17) is 4.74 Å². The minimum atomic E-state index is -3.70. The van der Waals surface area contributed by atoms with E-state index in [9.17, 15) is 21.6 Å². The Morgan fingerprint density at radius 3 is 1.42 bits per heavy atom.